The van der Waals surface area contributed by atoms with Gasteiger partial charge in [-0.25, -0.2) is 0 Å². The fourth-order valence-electron chi connectivity index (χ4n) is 3.78. The van der Waals surface area contributed by atoms with Gasteiger partial charge in [-0.2, -0.15) is 0 Å². The second-order valence-corrected chi connectivity index (χ2v) is 10.0. The molecule has 2 rings (SSSR count). The maximum atomic E-state index is 12.8. The first-order chi connectivity index (χ1) is 14.6. The number of hydrogen-bond donors (Lipinski definition) is 0. The van der Waals surface area contributed by atoms with E-state index in [1.54, 1.807) is 13.8 Å². The second-order valence-electron chi connectivity index (χ2n) is 8.27. The molecule has 0 fully saturated rings. The number of benzene rings is 2. The molecule has 0 heterocycles. The largest absolute Gasteiger partial charge is 0.469 e. The molecule has 3 unspecified atom stereocenters. The Morgan fingerprint density at radius 1 is 0.935 bits per heavy atom. The average Bonchev–Trinajstić information content (AvgIpc) is 2.76. The summed E-state index contributed by atoms with van der Waals surface area (Å²) in [5.41, 5.74) is 0.606. The molecule has 31 heavy (non-hydrogen) atoms. The van der Waals surface area contributed by atoms with Crippen LogP contribution in [0.4, 0.5) is 0 Å². The molecule has 0 N–H and O–H groups in total. The summed E-state index contributed by atoms with van der Waals surface area (Å²) in [7, 11) is 1.31. The first-order valence-corrected chi connectivity index (χ1v) is 10.9. The van der Waals surface area contributed by atoms with Crippen molar-refractivity contribution in [3.63, 3.8) is 0 Å². The number of Topliss-reactive ketones (excluding diaryl/α,β-unsaturated/α-hetero) is 1. The Balaban J connectivity index is 2.22. The zero-order valence-electron chi connectivity index (χ0n) is 18.4. The number of carbonyl (C=O) groups excluding carboxylic acids is 3. The van der Waals surface area contributed by atoms with E-state index in [2.05, 4.69) is 15.9 Å². The van der Waals surface area contributed by atoms with Crippen LogP contribution in [0.15, 0.2) is 60.7 Å². The number of hydrogen-bond acceptors (Lipinski definition) is 5. The van der Waals surface area contributed by atoms with Gasteiger partial charge in [-0.3, -0.25) is 14.4 Å². The molecule has 0 radical (unpaired) electrons. The van der Waals surface area contributed by atoms with E-state index in [-0.39, 0.29) is 25.2 Å². The first kappa shape index (κ1) is 24.8. The molecule has 0 spiro atoms. The van der Waals surface area contributed by atoms with Gasteiger partial charge in [-0.05, 0) is 44.7 Å². The van der Waals surface area contributed by atoms with E-state index >= 15 is 0 Å². The Hall–Kier alpha value is -2.47. The third kappa shape index (κ3) is 6.76. The molecule has 2 aromatic rings. The van der Waals surface area contributed by atoms with Crippen molar-refractivity contribution in [2.45, 2.75) is 50.5 Å². The normalized spacial score (nSPS) is 15.8. The van der Waals surface area contributed by atoms with E-state index in [9.17, 15) is 14.4 Å². The maximum Gasteiger partial charge on any atom is 0.322 e. The third-order valence-electron chi connectivity index (χ3n) is 5.39. The summed E-state index contributed by atoms with van der Waals surface area (Å²) in [4.78, 5) is 38.1. The first-order valence-electron chi connectivity index (χ1n) is 10.1. The molecular formula is C25H29BrO5. The number of methoxy groups -OCH3 is 1. The third-order valence-corrected chi connectivity index (χ3v) is 5.99. The van der Waals surface area contributed by atoms with Crippen LogP contribution in [0.2, 0.25) is 0 Å². The molecule has 0 amide bonds. The Bertz CT molecular complexity index is 895. The van der Waals surface area contributed by atoms with Gasteiger partial charge in [0, 0.05) is 5.92 Å². The molecule has 0 aliphatic carbocycles. The van der Waals surface area contributed by atoms with Gasteiger partial charge in [0.1, 0.15) is 16.7 Å². The van der Waals surface area contributed by atoms with Gasteiger partial charge < -0.3 is 9.47 Å². The molecule has 0 aliphatic heterocycles. The quantitative estimate of drug-likeness (QED) is 0.338. The average molecular weight is 489 g/mol. The van der Waals surface area contributed by atoms with E-state index in [0.29, 0.717) is 0 Å². The number of rotatable bonds is 10. The van der Waals surface area contributed by atoms with E-state index in [4.69, 9.17) is 9.47 Å². The van der Waals surface area contributed by atoms with Gasteiger partial charge in [0.05, 0.1) is 12.5 Å². The van der Waals surface area contributed by atoms with Crippen LogP contribution in [0.1, 0.15) is 50.7 Å². The minimum Gasteiger partial charge on any atom is -0.469 e. The summed E-state index contributed by atoms with van der Waals surface area (Å²) < 4.78 is 9.41. The van der Waals surface area contributed by atoms with Crippen LogP contribution in [0.3, 0.4) is 0 Å². The summed E-state index contributed by atoms with van der Waals surface area (Å²) >= 11 is 3.47. The van der Waals surface area contributed by atoms with E-state index in [0.717, 1.165) is 11.1 Å². The maximum absolute atomic E-state index is 12.8. The summed E-state index contributed by atoms with van der Waals surface area (Å²) in [6.45, 7) is 5.04. The topological polar surface area (TPSA) is 69.7 Å². The summed E-state index contributed by atoms with van der Waals surface area (Å²) in [5, 5.41) is 0. The van der Waals surface area contributed by atoms with Crippen molar-refractivity contribution < 1.29 is 23.9 Å². The van der Waals surface area contributed by atoms with E-state index < -0.39 is 27.6 Å². The minimum absolute atomic E-state index is 0.0516. The van der Waals surface area contributed by atoms with Crippen molar-refractivity contribution in [2.75, 3.05) is 7.11 Å². The number of carbonyl (C=O) groups is 3. The Morgan fingerprint density at radius 3 is 2.00 bits per heavy atom. The molecule has 0 bridgehead atoms. The van der Waals surface area contributed by atoms with Crippen LogP contribution >= 0.6 is 15.9 Å². The highest BCUT2D eigenvalue weighted by Gasteiger charge is 2.46. The van der Waals surface area contributed by atoms with Gasteiger partial charge in [0.25, 0.3) is 0 Å². The van der Waals surface area contributed by atoms with Crippen molar-refractivity contribution in [3.8, 4) is 0 Å². The van der Waals surface area contributed by atoms with Gasteiger partial charge in [-0.1, -0.05) is 76.6 Å². The lowest BCUT2D eigenvalue weighted by atomic mass is 9.72. The lowest BCUT2D eigenvalue weighted by molar-refractivity contribution is -0.156. The van der Waals surface area contributed by atoms with Crippen LogP contribution in [0, 0.1) is 5.41 Å². The smallest absolute Gasteiger partial charge is 0.322 e. The zero-order chi connectivity index (χ0) is 23.1. The molecule has 0 saturated carbocycles. The number of ether oxygens (including phenoxy) is 2. The standard InChI is InChI=1S/C25H29BrO5/c1-18(27)21(20-13-9-6-10-14-20)15-24(2,22(28)30-4)17-25(3,26)23(29)31-16-19-11-7-5-8-12-19/h5-14,21H,15-17H2,1-4H3. The van der Waals surface area contributed by atoms with E-state index in [1.165, 1.54) is 14.0 Å². The van der Waals surface area contributed by atoms with Crippen molar-refractivity contribution >= 4 is 33.7 Å². The van der Waals surface area contributed by atoms with Crippen molar-refractivity contribution in [1.82, 2.24) is 0 Å². The Labute approximate surface area is 192 Å². The molecule has 6 heteroatoms. The fourth-order valence-corrected chi connectivity index (χ4v) is 4.52. The van der Waals surface area contributed by atoms with Crippen LogP contribution in [-0.4, -0.2) is 29.2 Å². The summed E-state index contributed by atoms with van der Waals surface area (Å²) in [6.07, 6.45) is 0.323. The van der Waals surface area contributed by atoms with Crippen molar-refractivity contribution in [3.05, 3.63) is 71.8 Å². The monoisotopic (exact) mass is 488 g/mol. The molecule has 0 saturated heterocycles. The molecular weight excluding hydrogens is 460 g/mol. The van der Waals surface area contributed by atoms with Gasteiger partial charge in [0.2, 0.25) is 0 Å². The minimum atomic E-state index is -1.14. The predicted octanol–water partition coefficient (Wildman–Crippen LogP) is 5.22. The van der Waals surface area contributed by atoms with E-state index in [1.807, 2.05) is 60.7 Å². The highest BCUT2D eigenvalue weighted by molar-refractivity contribution is 9.10. The van der Waals surface area contributed by atoms with Crippen LogP contribution in [-0.2, 0) is 30.5 Å². The van der Waals surface area contributed by atoms with Crippen LogP contribution in [0.25, 0.3) is 0 Å². The highest BCUT2D eigenvalue weighted by atomic mass is 79.9. The highest BCUT2D eigenvalue weighted by Crippen LogP contribution is 2.43. The molecule has 2 aromatic carbocycles. The second kappa shape index (κ2) is 10.7. The molecule has 0 aromatic heterocycles. The zero-order valence-corrected chi connectivity index (χ0v) is 20.0. The van der Waals surface area contributed by atoms with Crippen LogP contribution < -0.4 is 0 Å². The molecule has 5 nitrogen and oxygen atoms in total. The van der Waals surface area contributed by atoms with Gasteiger partial charge in [-0.15, -0.1) is 0 Å². The lowest BCUT2D eigenvalue weighted by Gasteiger charge is -2.35. The van der Waals surface area contributed by atoms with Crippen molar-refractivity contribution in [2.24, 2.45) is 5.41 Å². The number of alkyl halides is 1. The van der Waals surface area contributed by atoms with Gasteiger partial charge >= 0.3 is 11.9 Å². The molecule has 0 aliphatic rings. The van der Waals surface area contributed by atoms with Gasteiger partial charge in [0.15, 0.2) is 0 Å². The summed E-state index contributed by atoms with van der Waals surface area (Å²) in [6, 6.07) is 18.7. The predicted molar refractivity (Wildman–Crippen MR) is 123 cm³/mol. The fraction of sp³-hybridized carbons (Fsp3) is 0.400. The van der Waals surface area contributed by atoms with Crippen molar-refractivity contribution in [1.29, 1.82) is 0 Å². The SMILES string of the molecule is COC(=O)C(C)(CC(C(C)=O)c1ccccc1)CC(C)(Br)C(=O)OCc1ccccc1. The Morgan fingerprint density at radius 2 is 1.48 bits per heavy atom. The lowest BCUT2D eigenvalue weighted by Crippen LogP contribution is -2.42. The Kier molecular flexibility index (Phi) is 8.57. The number of ketones is 1. The number of esters is 2. The molecule has 3 atom stereocenters. The molecule has 166 valence electrons. The summed E-state index contributed by atoms with van der Waals surface area (Å²) in [5.74, 6) is -1.50. The van der Waals surface area contributed by atoms with Crippen LogP contribution in [0.5, 0.6) is 0 Å². The number of halogens is 1.